The Morgan fingerprint density at radius 3 is 2.61 bits per heavy atom. The monoisotopic (exact) mass is 322 g/mol. The Bertz CT molecular complexity index is 676. The summed E-state index contributed by atoms with van der Waals surface area (Å²) >= 11 is 0. The van der Waals surface area contributed by atoms with E-state index in [1.54, 1.807) is 12.3 Å². The number of hydrogen-bond donors (Lipinski definition) is 6. The lowest BCUT2D eigenvalue weighted by Gasteiger charge is -2.22. The van der Waals surface area contributed by atoms with E-state index in [0.29, 0.717) is 5.82 Å². The predicted molar refractivity (Wildman–Crippen MR) is 82.8 cm³/mol. The molecule has 6 N–H and O–H groups in total. The number of fused-ring (bicyclic) bond motifs is 1. The van der Waals surface area contributed by atoms with Gasteiger partial charge < -0.3 is 25.5 Å². The second-order valence-corrected chi connectivity index (χ2v) is 4.84. The third-order valence-electron chi connectivity index (χ3n) is 3.28. The summed E-state index contributed by atoms with van der Waals surface area (Å²) in [7, 11) is 0. The highest BCUT2D eigenvalue weighted by atomic mass is 16.4. The van der Waals surface area contributed by atoms with Crippen LogP contribution in [0.1, 0.15) is 0 Å². The molecule has 1 aromatic carbocycles. The van der Waals surface area contributed by atoms with Crippen molar-refractivity contribution < 1.29 is 25.5 Å². The van der Waals surface area contributed by atoms with Gasteiger partial charge in [-0.1, -0.05) is 24.3 Å². The minimum absolute atomic E-state index is 0.222. The van der Waals surface area contributed by atoms with E-state index in [-0.39, 0.29) is 5.71 Å². The van der Waals surface area contributed by atoms with Crippen molar-refractivity contribution in [3.63, 3.8) is 0 Å². The average Bonchev–Trinajstić information content (AvgIpc) is 2.60. The second kappa shape index (κ2) is 7.90. The number of anilines is 1. The first-order valence-electron chi connectivity index (χ1n) is 6.87. The molecule has 23 heavy (non-hydrogen) atoms. The molecule has 0 bridgehead atoms. The Labute approximate surface area is 131 Å². The number of aliphatic hydroxyl groups is 5. The highest BCUT2D eigenvalue weighted by Gasteiger charge is 2.28. The van der Waals surface area contributed by atoms with Crippen molar-refractivity contribution in [3.8, 4) is 0 Å². The molecule has 2 rings (SSSR count). The van der Waals surface area contributed by atoms with E-state index in [2.05, 4.69) is 20.7 Å². The summed E-state index contributed by atoms with van der Waals surface area (Å²) in [6.45, 7) is -1.40. The summed E-state index contributed by atoms with van der Waals surface area (Å²) in [4.78, 5) is 0. The van der Waals surface area contributed by atoms with Crippen molar-refractivity contribution in [1.29, 1.82) is 0 Å². The normalized spacial score (nSPS) is 16.1. The number of nitrogens with zero attached hydrogens (tertiary/aromatic N) is 3. The molecule has 0 fully saturated rings. The van der Waals surface area contributed by atoms with E-state index in [1.165, 1.54) is 0 Å². The fourth-order valence-corrected chi connectivity index (χ4v) is 1.95. The summed E-state index contributed by atoms with van der Waals surface area (Å²) in [6, 6.07) is 7.28. The van der Waals surface area contributed by atoms with Crippen molar-refractivity contribution in [3.05, 3.63) is 30.5 Å². The summed E-state index contributed by atoms with van der Waals surface area (Å²) in [5.74, 6) is 0.304. The molecular weight excluding hydrogens is 304 g/mol. The van der Waals surface area contributed by atoms with Gasteiger partial charge in [0.15, 0.2) is 5.82 Å². The maximum atomic E-state index is 9.88. The van der Waals surface area contributed by atoms with Gasteiger partial charge in [0.25, 0.3) is 0 Å². The third kappa shape index (κ3) is 3.97. The molecule has 0 aliphatic rings. The van der Waals surface area contributed by atoms with Crippen molar-refractivity contribution in [2.75, 3.05) is 18.6 Å². The lowest BCUT2D eigenvalue weighted by atomic mass is 10.0. The molecular formula is C14H18N4O5. The van der Waals surface area contributed by atoms with Crippen molar-refractivity contribution in [1.82, 2.24) is 10.2 Å². The zero-order chi connectivity index (χ0) is 16.8. The van der Waals surface area contributed by atoms with Crippen LogP contribution < -0.4 is 5.43 Å². The largest absolute Gasteiger partial charge is 0.394 e. The van der Waals surface area contributed by atoms with Gasteiger partial charge in [-0.3, -0.25) is 5.43 Å². The predicted octanol–water partition coefficient (Wildman–Crippen LogP) is -1.54. The van der Waals surface area contributed by atoms with Gasteiger partial charge in [-0.25, -0.2) is 0 Å². The van der Waals surface area contributed by atoms with Crippen LogP contribution >= 0.6 is 0 Å². The zero-order valence-electron chi connectivity index (χ0n) is 12.1. The SMILES string of the molecule is OC/C(=N/Nc1nncc2ccccc12)[C@H](O)[C@@H](O)[C@@H](O)CO. The molecule has 0 amide bonds. The van der Waals surface area contributed by atoms with E-state index >= 15 is 0 Å². The Kier molecular flexibility index (Phi) is 5.90. The van der Waals surface area contributed by atoms with Gasteiger partial charge in [-0.2, -0.15) is 10.2 Å². The van der Waals surface area contributed by atoms with Gasteiger partial charge in [0, 0.05) is 10.8 Å². The minimum atomic E-state index is -1.69. The van der Waals surface area contributed by atoms with Crippen LogP contribution in [0.25, 0.3) is 10.8 Å². The third-order valence-corrected chi connectivity index (χ3v) is 3.28. The molecule has 9 heteroatoms. The molecule has 0 aliphatic heterocycles. The number of nitrogens with one attached hydrogen (secondary N) is 1. The summed E-state index contributed by atoms with van der Waals surface area (Å²) < 4.78 is 0. The molecule has 1 heterocycles. The van der Waals surface area contributed by atoms with Crippen molar-refractivity contribution in [2.45, 2.75) is 18.3 Å². The summed E-state index contributed by atoms with van der Waals surface area (Å²) in [5.41, 5.74) is 2.35. The van der Waals surface area contributed by atoms with E-state index in [9.17, 15) is 20.4 Å². The van der Waals surface area contributed by atoms with Gasteiger partial charge >= 0.3 is 0 Å². The maximum Gasteiger partial charge on any atom is 0.176 e. The van der Waals surface area contributed by atoms with Crippen LogP contribution in [0.15, 0.2) is 35.6 Å². The standard InChI is InChI=1S/C14H18N4O5/c19-6-10(12(22)13(23)11(21)7-20)16-18-14-9-4-2-1-3-8(9)5-15-17-14/h1-5,11-13,19-23H,6-7H2,(H,17,18)/b16-10-/t11-,12-,13-/m0/s1. The van der Waals surface area contributed by atoms with Crippen LogP contribution in [0.2, 0.25) is 0 Å². The molecule has 9 nitrogen and oxygen atoms in total. The molecule has 2 aromatic rings. The molecule has 0 saturated heterocycles. The molecule has 0 unspecified atom stereocenters. The number of aliphatic hydroxyl groups excluding tert-OH is 5. The second-order valence-electron chi connectivity index (χ2n) is 4.84. The van der Waals surface area contributed by atoms with Crippen LogP contribution in [0, 0.1) is 0 Å². The Balaban J connectivity index is 2.21. The smallest absolute Gasteiger partial charge is 0.176 e. The number of hydrogen-bond acceptors (Lipinski definition) is 9. The molecule has 0 spiro atoms. The summed E-state index contributed by atoms with van der Waals surface area (Å²) in [5, 5.41) is 60.0. The maximum absolute atomic E-state index is 9.88. The van der Waals surface area contributed by atoms with Crippen LogP contribution in [0.3, 0.4) is 0 Å². The molecule has 0 radical (unpaired) electrons. The Morgan fingerprint density at radius 1 is 1.17 bits per heavy atom. The van der Waals surface area contributed by atoms with Gasteiger partial charge in [-0.15, -0.1) is 5.10 Å². The fraction of sp³-hybridized carbons (Fsp3) is 0.357. The number of rotatable bonds is 7. The van der Waals surface area contributed by atoms with Crippen LogP contribution in [-0.4, -0.2) is 73.0 Å². The summed E-state index contributed by atoms with van der Waals surface area (Å²) in [6.07, 6.45) is -3.32. The number of benzene rings is 1. The van der Waals surface area contributed by atoms with Crippen molar-refractivity contribution >= 4 is 22.3 Å². The van der Waals surface area contributed by atoms with Gasteiger partial charge in [0.2, 0.25) is 0 Å². The molecule has 0 saturated carbocycles. The van der Waals surface area contributed by atoms with Gasteiger partial charge in [0.1, 0.15) is 18.3 Å². The van der Waals surface area contributed by atoms with E-state index in [0.717, 1.165) is 10.8 Å². The quantitative estimate of drug-likeness (QED) is 0.265. The van der Waals surface area contributed by atoms with Crippen LogP contribution in [0.5, 0.6) is 0 Å². The van der Waals surface area contributed by atoms with Gasteiger partial charge in [-0.05, 0) is 0 Å². The zero-order valence-corrected chi connectivity index (χ0v) is 12.1. The van der Waals surface area contributed by atoms with Crippen LogP contribution in [0.4, 0.5) is 5.82 Å². The first-order valence-corrected chi connectivity index (χ1v) is 6.87. The first kappa shape index (κ1) is 17.2. The lowest BCUT2D eigenvalue weighted by molar-refractivity contribution is -0.0564. The highest BCUT2D eigenvalue weighted by Crippen LogP contribution is 2.19. The minimum Gasteiger partial charge on any atom is -0.394 e. The average molecular weight is 322 g/mol. The Morgan fingerprint density at radius 2 is 1.91 bits per heavy atom. The fourth-order valence-electron chi connectivity index (χ4n) is 1.95. The molecule has 0 aliphatic carbocycles. The first-order chi connectivity index (χ1) is 11.1. The molecule has 1 aromatic heterocycles. The highest BCUT2D eigenvalue weighted by molar-refractivity contribution is 5.93. The topological polar surface area (TPSA) is 151 Å². The van der Waals surface area contributed by atoms with Crippen molar-refractivity contribution in [2.24, 2.45) is 5.10 Å². The van der Waals surface area contributed by atoms with E-state index in [4.69, 9.17) is 5.11 Å². The Hall–Kier alpha value is -2.17. The molecule has 124 valence electrons. The van der Waals surface area contributed by atoms with Gasteiger partial charge in [0.05, 0.1) is 25.1 Å². The van der Waals surface area contributed by atoms with Crippen LogP contribution in [-0.2, 0) is 0 Å². The molecule has 3 atom stereocenters. The number of aromatic nitrogens is 2. The van der Waals surface area contributed by atoms with E-state index in [1.807, 2.05) is 18.2 Å². The lowest BCUT2D eigenvalue weighted by Crippen LogP contribution is -2.45. The van der Waals surface area contributed by atoms with E-state index < -0.39 is 31.5 Å². The number of hydrazone groups is 1.